The Labute approximate surface area is 104 Å². The molecule has 2 aromatic heterocycles. The number of anilines is 1. The normalized spacial score (nSPS) is 17.1. The average molecular weight is 236 g/mol. The predicted octanol–water partition coefficient (Wildman–Crippen LogP) is 3.11. The highest BCUT2D eigenvalue weighted by atomic mass is 15.1. The summed E-state index contributed by atoms with van der Waals surface area (Å²) in [5, 5.41) is 13.0. The van der Waals surface area contributed by atoms with Crippen molar-refractivity contribution in [3.8, 4) is 11.1 Å². The van der Waals surface area contributed by atoms with Crippen LogP contribution in [0.25, 0.3) is 22.2 Å². The van der Waals surface area contributed by atoms with Crippen molar-refractivity contribution < 1.29 is 0 Å². The number of aromatic nitrogens is 3. The Bertz CT molecular complexity index is 744. The molecule has 0 bridgehead atoms. The molecule has 4 heteroatoms. The first-order valence-electron chi connectivity index (χ1n) is 6.03. The van der Waals surface area contributed by atoms with Crippen molar-refractivity contribution in [3.05, 3.63) is 42.2 Å². The minimum Gasteiger partial charge on any atom is -0.378 e. The zero-order chi connectivity index (χ0) is 12.1. The fourth-order valence-electron chi connectivity index (χ4n) is 2.70. The van der Waals surface area contributed by atoms with Crippen LogP contribution < -0.4 is 5.32 Å². The first kappa shape index (κ1) is 9.65. The fraction of sp³-hybridized carbons (Fsp3) is 0.143. The Morgan fingerprint density at radius 1 is 1.17 bits per heavy atom. The van der Waals surface area contributed by atoms with Gasteiger partial charge in [0.25, 0.3) is 0 Å². The van der Waals surface area contributed by atoms with Gasteiger partial charge in [0.2, 0.25) is 0 Å². The van der Waals surface area contributed by atoms with Gasteiger partial charge in [-0.15, -0.1) is 5.10 Å². The largest absolute Gasteiger partial charge is 0.378 e. The molecule has 2 N–H and O–H groups in total. The molecule has 0 saturated carbocycles. The van der Waals surface area contributed by atoms with E-state index >= 15 is 0 Å². The molecule has 0 spiro atoms. The third-order valence-electron chi connectivity index (χ3n) is 3.56. The number of aromatic amines is 1. The van der Waals surface area contributed by atoms with Gasteiger partial charge in [-0.05, 0) is 13.0 Å². The number of hydrogen-bond donors (Lipinski definition) is 2. The molecule has 4 rings (SSSR count). The lowest BCUT2D eigenvalue weighted by Crippen LogP contribution is -2.04. The summed E-state index contributed by atoms with van der Waals surface area (Å²) in [7, 11) is 0. The molecule has 88 valence electrons. The third-order valence-corrected chi connectivity index (χ3v) is 3.56. The van der Waals surface area contributed by atoms with Gasteiger partial charge in [-0.2, -0.15) is 5.10 Å². The van der Waals surface area contributed by atoms with Crippen molar-refractivity contribution >= 4 is 16.7 Å². The number of nitrogens with zero attached hydrogens (tertiary/aromatic N) is 2. The molecule has 3 heterocycles. The maximum Gasteiger partial charge on any atom is 0.160 e. The number of benzene rings is 1. The van der Waals surface area contributed by atoms with Crippen LogP contribution in [-0.2, 0) is 0 Å². The summed E-state index contributed by atoms with van der Waals surface area (Å²) >= 11 is 0. The van der Waals surface area contributed by atoms with E-state index in [4.69, 9.17) is 0 Å². The van der Waals surface area contributed by atoms with Crippen LogP contribution in [0.1, 0.15) is 18.5 Å². The van der Waals surface area contributed by atoms with E-state index in [0.29, 0.717) is 0 Å². The maximum absolute atomic E-state index is 4.16. The van der Waals surface area contributed by atoms with Crippen molar-refractivity contribution in [3.63, 3.8) is 0 Å². The molecule has 1 aliphatic heterocycles. The van der Waals surface area contributed by atoms with Gasteiger partial charge in [0, 0.05) is 34.0 Å². The summed E-state index contributed by atoms with van der Waals surface area (Å²) in [6.07, 6.45) is 3.87. The Morgan fingerprint density at radius 2 is 2.06 bits per heavy atom. The van der Waals surface area contributed by atoms with E-state index in [2.05, 4.69) is 45.6 Å². The van der Waals surface area contributed by atoms with E-state index in [1.807, 2.05) is 18.5 Å². The first-order chi connectivity index (χ1) is 8.84. The number of nitrogens with one attached hydrogen (secondary N) is 2. The summed E-state index contributed by atoms with van der Waals surface area (Å²) in [5.74, 6) is 0. The molecule has 1 aromatic carbocycles. The minimum absolute atomic E-state index is 0.255. The molecule has 18 heavy (non-hydrogen) atoms. The van der Waals surface area contributed by atoms with Crippen molar-refractivity contribution in [1.82, 2.24) is 15.2 Å². The number of fused-ring (bicyclic) bond motifs is 2. The van der Waals surface area contributed by atoms with Crippen molar-refractivity contribution in [1.29, 1.82) is 0 Å². The smallest absolute Gasteiger partial charge is 0.160 e. The lowest BCUT2D eigenvalue weighted by atomic mass is 10.0. The monoisotopic (exact) mass is 236 g/mol. The molecular formula is C14H12N4. The summed E-state index contributed by atoms with van der Waals surface area (Å²) in [6.45, 7) is 2.16. The van der Waals surface area contributed by atoms with Crippen molar-refractivity contribution in [2.75, 3.05) is 5.32 Å². The van der Waals surface area contributed by atoms with E-state index in [-0.39, 0.29) is 6.04 Å². The van der Waals surface area contributed by atoms with Gasteiger partial charge in [-0.1, -0.05) is 18.2 Å². The molecule has 0 aliphatic carbocycles. The van der Waals surface area contributed by atoms with E-state index in [1.54, 1.807) is 0 Å². The number of hydrogen-bond acceptors (Lipinski definition) is 3. The van der Waals surface area contributed by atoms with Gasteiger partial charge < -0.3 is 10.3 Å². The SMILES string of the molecule is CC1Nc2ccccc2-c2cnnc3[nH]cc1c23. The zero-order valence-electron chi connectivity index (χ0n) is 9.94. The highest BCUT2D eigenvalue weighted by molar-refractivity contribution is 6.00. The molecule has 0 amide bonds. The van der Waals surface area contributed by atoms with Crippen molar-refractivity contribution in [2.24, 2.45) is 0 Å². The molecule has 1 atom stereocenters. The standard InChI is InChI=1S/C14H12N4/c1-8-10-6-15-14-13(10)11(7-16-18-14)9-4-2-3-5-12(9)17-8/h2-8,17H,1H3,(H,15,18). The van der Waals surface area contributed by atoms with E-state index in [9.17, 15) is 0 Å². The molecule has 1 aliphatic rings. The Balaban J connectivity index is 2.19. The topological polar surface area (TPSA) is 53.6 Å². The van der Waals surface area contributed by atoms with Crippen LogP contribution in [0.5, 0.6) is 0 Å². The molecule has 4 nitrogen and oxygen atoms in total. The van der Waals surface area contributed by atoms with Crippen LogP contribution >= 0.6 is 0 Å². The number of H-pyrrole nitrogens is 1. The molecule has 3 aromatic rings. The highest BCUT2D eigenvalue weighted by Crippen LogP contribution is 2.40. The van der Waals surface area contributed by atoms with E-state index in [1.165, 1.54) is 16.5 Å². The molecule has 0 fully saturated rings. The zero-order valence-corrected chi connectivity index (χ0v) is 9.94. The summed E-state index contributed by atoms with van der Waals surface area (Å²) in [6, 6.07) is 8.58. The lowest BCUT2D eigenvalue weighted by Gasteiger charge is -2.13. The van der Waals surface area contributed by atoms with E-state index < -0.39 is 0 Å². The van der Waals surface area contributed by atoms with Gasteiger partial charge in [0.05, 0.1) is 12.2 Å². The van der Waals surface area contributed by atoms with Crippen LogP contribution in [0.15, 0.2) is 36.7 Å². The van der Waals surface area contributed by atoms with Gasteiger partial charge >= 0.3 is 0 Å². The van der Waals surface area contributed by atoms with Gasteiger partial charge in [0.15, 0.2) is 5.65 Å². The van der Waals surface area contributed by atoms with Crippen LogP contribution in [0.3, 0.4) is 0 Å². The molecule has 1 unspecified atom stereocenters. The van der Waals surface area contributed by atoms with Crippen LogP contribution in [0.4, 0.5) is 5.69 Å². The number of rotatable bonds is 0. The van der Waals surface area contributed by atoms with Crippen molar-refractivity contribution in [2.45, 2.75) is 13.0 Å². The van der Waals surface area contributed by atoms with Gasteiger partial charge in [-0.3, -0.25) is 0 Å². The Hall–Kier alpha value is -2.36. The molecule has 0 saturated heterocycles. The first-order valence-corrected chi connectivity index (χ1v) is 6.03. The average Bonchev–Trinajstić information content (AvgIpc) is 2.78. The number of para-hydroxylation sites is 1. The second-order valence-electron chi connectivity index (χ2n) is 4.64. The van der Waals surface area contributed by atoms with Crippen LogP contribution in [-0.4, -0.2) is 15.2 Å². The second kappa shape index (κ2) is 3.32. The predicted molar refractivity (Wildman–Crippen MR) is 71.4 cm³/mol. The summed E-state index contributed by atoms with van der Waals surface area (Å²) in [5.41, 5.74) is 5.57. The summed E-state index contributed by atoms with van der Waals surface area (Å²) < 4.78 is 0. The van der Waals surface area contributed by atoms with E-state index in [0.717, 1.165) is 16.9 Å². The second-order valence-corrected chi connectivity index (χ2v) is 4.64. The molecule has 0 radical (unpaired) electrons. The lowest BCUT2D eigenvalue weighted by molar-refractivity contribution is 0.897. The van der Waals surface area contributed by atoms with Gasteiger partial charge in [-0.25, -0.2) is 0 Å². The van der Waals surface area contributed by atoms with Gasteiger partial charge in [0.1, 0.15) is 0 Å². The Kier molecular flexibility index (Phi) is 1.78. The summed E-state index contributed by atoms with van der Waals surface area (Å²) in [4.78, 5) is 3.20. The minimum atomic E-state index is 0.255. The Morgan fingerprint density at radius 3 is 3.00 bits per heavy atom. The third kappa shape index (κ3) is 1.14. The quantitative estimate of drug-likeness (QED) is 0.630. The fourth-order valence-corrected chi connectivity index (χ4v) is 2.70. The van der Waals surface area contributed by atoms with Crippen LogP contribution in [0, 0.1) is 0 Å². The maximum atomic E-state index is 4.16. The molecular weight excluding hydrogens is 224 g/mol. The highest BCUT2D eigenvalue weighted by Gasteiger charge is 2.21. The van der Waals surface area contributed by atoms with Crippen LogP contribution in [0.2, 0.25) is 0 Å².